The number of hydrogen-bond donors (Lipinski definition) is 2. The smallest absolute Gasteiger partial charge is 0.314 e. The number of sulfonamides is 1. The zero-order chi connectivity index (χ0) is 19.5. The molecule has 0 aromatic heterocycles. The average Bonchev–Trinajstić information content (AvgIpc) is 2.54. The molecule has 26 heavy (non-hydrogen) atoms. The van der Waals surface area contributed by atoms with Crippen LogP contribution in [0.1, 0.15) is 5.56 Å². The van der Waals surface area contributed by atoms with Crippen LogP contribution in [0.15, 0.2) is 23.1 Å². The summed E-state index contributed by atoms with van der Waals surface area (Å²) in [4.78, 5) is 11.0. The second-order valence-corrected chi connectivity index (χ2v) is 7.67. The maximum atomic E-state index is 13.3. The molecule has 2 rings (SSSR count). The first kappa shape index (κ1) is 20.6. The van der Waals surface area contributed by atoms with E-state index in [1.807, 2.05) is 4.72 Å². The molecule has 0 saturated carbocycles. The number of benzene rings is 1. The van der Waals surface area contributed by atoms with Crippen LogP contribution in [0.4, 0.5) is 18.9 Å². The Kier molecular flexibility index (Phi) is 6.21. The van der Waals surface area contributed by atoms with Crippen LogP contribution in [-0.4, -0.2) is 63.2 Å². The zero-order valence-corrected chi connectivity index (χ0v) is 14.7. The van der Waals surface area contributed by atoms with Crippen LogP contribution < -0.4 is 10.0 Å². The van der Waals surface area contributed by atoms with Gasteiger partial charge in [0.05, 0.1) is 9.82 Å². The Balaban J connectivity index is 2.16. The van der Waals surface area contributed by atoms with Gasteiger partial charge in [0.2, 0.25) is 10.0 Å². The summed E-state index contributed by atoms with van der Waals surface area (Å²) in [6.45, 7) is 1.62. The first-order valence-corrected chi connectivity index (χ1v) is 9.27. The molecule has 12 heteroatoms. The quantitative estimate of drug-likeness (QED) is 0.550. The summed E-state index contributed by atoms with van der Waals surface area (Å²) in [7, 11) is -4.23. The topological polar surface area (TPSA) is 105 Å². The van der Waals surface area contributed by atoms with Crippen LogP contribution in [0.25, 0.3) is 0 Å². The van der Waals surface area contributed by atoms with Crippen molar-refractivity contribution in [2.45, 2.75) is 24.0 Å². The van der Waals surface area contributed by atoms with Crippen molar-refractivity contribution in [2.24, 2.45) is 0 Å². The van der Waals surface area contributed by atoms with Crippen LogP contribution in [-0.2, 0) is 10.0 Å². The molecule has 0 radical (unpaired) electrons. The molecular weight excluding hydrogens is 377 g/mol. The van der Waals surface area contributed by atoms with Crippen molar-refractivity contribution in [1.29, 1.82) is 0 Å². The maximum Gasteiger partial charge on any atom is 0.405 e. The monoisotopic (exact) mass is 396 g/mol. The van der Waals surface area contributed by atoms with E-state index in [1.54, 1.807) is 0 Å². The largest absolute Gasteiger partial charge is 0.405 e. The van der Waals surface area contributed by atoms with Crippen LogP contribution in [0.2, 0.25) is 0 Å². The van der Waals surface area contributed by atoms with Crippen molar-refractivity contribution in [3.63, 3.8) is 0 Å². The van der Waals surface area contributed by atoms with Gasteiger partial charge < -0.3 is 5.32 Å². The van der Waals surface area contributed by atoms with E-state index in [-0.39, 0.29) is 29.2 Å². The molecule has 0 bridgehead atoms. The lowest BCUT2D eigenvalue weighted by molar-refractivity contribution is -0.385. The van der Waals surface area contributed by atoms with Gasteiger partial charge in [0.15, 0.2) is 0 Å². The summed E-state index contributed by atoms with van der Waals surface area (Å²) < 4.78 is 66.5. The number of rotatable bonds is 6. The average molecular weight is 396 g/mol. The number of halogens is 3. The molecule has 1 saturated heterocycles. The van der Waals surface area contributed by atoms with Gasteiger partial charge in [-0.1, -0.05) is 0 Å². The molecule has 1 aliphatic heterocycles. The molecular formula is C14H19F3N4O4S. The number of nitro benzene ring substituents is 1. The van der Waals surface area contributed by atoms with Crippen LogP contribution >= 0.6 is 0 Å². The molecule has 1 aliphatic rings. The zero-order valence-electron chi connectivity index (χ0n) is 13.9. The number of nitrogens with one attached hydrogen (secondary N) is 2. The summed E-state index contributed by atoms with van der Waals surface area (Å²) in [6.07, 6.45) is -4.59. The summed E-state index contributed by atoms with van der Waals surface area (Å²) in [6, 6.07) is 1.13. The SMILES string of the molecule is Cc1cc(S(=O)(=O)NCC(N2CCNCC2)C(F)(F)F)ccc1[N+](=O)[O-]. The van der Waals surface area contributed by atoms with Crippen molar-refractivity contribution >= 4 is 15.7 Å². The van der Waals surface area contributed by atoms with Crippen LogP contribution in [0, 0.1) is 17.0 Å². The molecule has 1 aromatic rings. The molecule has 8 nitrogen and oxygen atoms in total. The highest BCUT2D eigenvalue weighted by Crippen LogP contribution is 2.26. The summed E-state index contributed by atoms with van der Waals surface area (Å²) in [5.41, 5.74) is -0.162. The lowest BCUT2D eigenvalue weighted by Crippen LogP contribution is -2.57. The molecule has 1 heterocycles. The van der Waals surface area contributed by atoms with Crippen molar-refractivity contribution in [1.82, 2.24) is 14.9 Å². The minimum Gasteiger partial charge on any atom is -0.314 e. The molecule has 0 amide bonds. The van der Waals surface area contributed by atoms with Gasteiger partial charge in [-0.3, -0.25) is 15.0 Å². The minimum atomic E-state index is -4.59. The third kappa shape index (κ3) is 4.90. The highest BCUT2D eigenvalue weighted by atomic mass is 32.2. The Hall–Kier alpha value is -1.76. The molecule has 146 valence electrons. The molecule has 1 aromatic carbocycles. The van der Waals surface area contributed by atoms with Gasteiger partial charge >= 0.3 is 6.18 Å². The van der Waals surface area contributed by atoms with E-state index < -0.39 is 33.7 Å². The predicted molar refractivity (Wildman–Crippen MR) is 87.3 cm³/mol. The lowest BCUT2D eigenvalue weighted by Gasteiger charge is -2.35. The Morgan fingerprint density at radius 3 is 2.46 bits per heavy atom. The number of hydrogen-bond acceptors (Lipinski definition) is 6. The Bertz CT molecular complexity index is 764. The third-order valence-electron chi connectivity index (χ3n) is 4.11. The maximum absolute atomic E-state index is 13.3. The minimum absolute atomic E-state index is 0.104. The highest BCUT2D eigenvalue weighted by molar-refractivity contribution is 7.89. The van der Waals surface area contributed by atoms with Gasteiger partial charge in [-0.05, 0) is 19.1 Å². The fraction of sp³-hybridized carbons (Fsp3) is 0.571. The molecule has 2 N–H and O–H groups in total. The fourth-order valence-electron chi connectivity index (χ4n) is 2.72. The Morgan fingerprint density at radius 2 is 1.96 bits per heavy atom. The number of piperazine rings is 1. The van der Waals surface area contributed by atoms with E-state index >= 15 is 0 Å². The van der Waals surface area contributed by atoms with E-state index in [9.17, 15) is 31.7 Å². The van der Waals surface area contributed by atoms with Crippen LogP contribution in [0.5, 0.6) is 0 Å². The first-order chi connectivity index (χ1) is 12.0. The number of nitrogens with zero attached hydrogens (tertiary/aromatic N) is 2. The molecule has 1 unspecified atom stereocenters. The summed E-state index contributed by atoms with van der Waals surface area (Å²) >= 11 is 0. The lowest BCUT2D eigenvalue weighted by atomic mass is 10.2. The predicted octanol–water partition coefficient (Wildman–Crippen LogP) is 1.02. The van der Waals surface area contributed by atoms with E-state index in [0.717, 1.165) is 18.2 Å². The van der Waals surface area contributed by atoms with Gasteiger partial charge in [0.25, 0.3) is 5.69 Å². The molecule has 1 atom stereocenters. The second-order valence-electron chi connectivity index (χ2n) is 5.90. The van der Waals surface area contributed by atoms with Gasteiger partial charge in [0.1, 0.15) is 6.04 Å². The van der Waals surface area contributed by atoms with Crippen molar-refractivity contribution in [3.05, 3.63) is 33.9 Å². The Morgan fingerprint density at radius 1 is 1.35 bits per heavy atom. The van der Waals surface area contributed by atoms with E-state index in [4.69, 9.17) is 0 Å². The summed E-state index contributed by atoms with van der Waals surface area (Å²) in [5.74, 6) is 0. The first-order valence-electron chi connectivity index (χ1n) is 7.78. The molecule has 0 spiro atoms. The molecule has 0 aliphatic carbocycles. The third-order valence-corrected chi connectivity index (χ3v) is 5.53. The van der Waals surface area contributed by atoms with E-state index in [2.05, 4.69) is 5.32 Å². The van der Waals surface area contributed by atoms with Gasteiger partial charge in [0, 0.05) is 44.4 Å². The standard InChI is InChI=1S/C14H19F3N4O4S/c1-10-8-11(2-3-12(10)21(22)23)26(24,25)19-9-13(14(15,16)17)20-6-4-18-5-7-20/h2-3,8,13,18-19H,4-7,9H2,1H3. The normalized spacial score (nSPS) is 17.8. The van der Waals surface area contributed by atoms with Crippen molar-refractivity contribution < 1.29 is 26.5 Å². The van der Waals surface area contributed by atoms with E-state index in [1.165, 1.54) is 11.8 Å². The second kappa shape index (κ2) is 7.86. The molecule has 1 fully saturated rings. The van der Waals surface area contributed by atoms with Gasteiger partial charge in [-0.25, -0.2) is 13.1 Å². The van der Waals surface area contributed by atoms with Crippen molar-refractivity contribution in [3.8, 4) is 0 Å². The number of alkyl halides is 3. The van der Waals surface area contributed by atoms with Gasteiger partial charge in [-0.2, -0.15) is 13.2 Å². The number of aryl methyl sites for hydroxylation is 1. The highest BCUT2D eigenvalue weighted by Gasteiger charge is 2.44. The van der Waals surface area contributed by atoms with E-state index in [0.29, 0.717) is 13.1 Å². The summed E-state index contributed by atoms with van der Waals surface area (Å²) in [5, 5.41) is 13.7. The number of nitro groups is 1. The van der Waals surface area contributed by atoms with Crippen molar-refractivity contribution in [2.75, 3.05) is 32.7 Å². The van der Waals surface area contributed by atoms with Crippen LogP contribution in [0.3, 0.4) is 0 Å². The Labute approximate surface area is 148 Å². The fourth-order valence-corrected chi connectivity index (χ4v) is 3.84. The van der Waals surface area contributed by atoms with Gasteiger partial charge in [-0.15, -0.1) is 0 Å².